The number of hydrogen-bond acceptors (Lipinski definition) is 5. The second kappa shape index (κ2) is 8.86. The smallest absolute Gasteiger partial charge is 0.257 e. The molecular formula is C22H24FN3O3S2. The van der Waals surface area contributed by atoms with Crippen molar-refractivity contribution in [3.05, 3.63) is 76.0 Å². The van der Waals surface area contributed by atoms with Crippen molar-refractivity contribution in [3.8, 4) is 0 Å². The van der Waals surface area contributed by atoms with Crippen molar-refractivity contribution in [1.82, 2.24) is 9.71 Å². The van der Waals surface area contributed by atoms with Gasteiger partial charge in [-0.25, -0.2) is 22.5 Å². The highest BCUT2D eigenvalue weighted by molar-refractivity contribution is 7.89. The first kappa shape index (κ1) is 23.1. The number of aryl methyl sites for hydroxylation is 1. The summed E-state index contributed by atoms with van der Waals surface area (Å²) in [4.78, 5) is 18.0. The highest BCUT2D eigenvalue weighted by Gasteiger charge is 2.22. The topological polar surface area (TPSA) is 88.2 Å². The maximum Gasteiger partial charge on any atom is 0.257 e. The quantitative estimate of drug-likeness (QED) is 0.565. The summed E-state index contributed by atoms with van der Waals surface area (Å²) in [6, 6.07) is 12.0. The molecule has 1 amide bonds. The van der Waals surface area contributed by atoms with Crippen LogP contribution in [0.15, 0.2) is 53.4 Å². The van der Waals surface area contributed by atoms with Crippen molar-refractivity contribution >= 4 is 32.4 Å². The molecule has 164 valence electrons. The molecule has 1 aromatic heterocycles. The lowest BCUT2D eigenvalue weighted by molar-refractivity contribution is 0.102. The number of thiazole rings is 1. The van der Waals surface area contributed by atoms with Gasteiger partial charge in [0.1, 0.15) is 5.82 Å². The van der Waals surface area contributed by atoms with E-state index in [1.165, 1.54) is 47.7 Å². The Morgan fingerprint density at radius 1 is 1.06 bits per heavy atom. The van der Waals surface area contributed by atoms with Crippen molar-refractivity contribution in [2.75, 3.05) is 5.32 Å². The molecule has 2 aromatic carbocycles. The summed E-state index contributed by atoms with van der Waals surface area (Å²) < 4.78 is 40.4. The van der Waals surface area contributed by atoms with Crippen LogP contribution in [0.4, 0.5) is 9.52 Å². The van der Waals surface area contributed by atoms with Gasteiger partial charge in [-0.3, -0.25) is 10.1 Å². The minimum absolute atomic E-state index is 0.0886. The summed E-state index contributed by atoms with van der Waals surface area (Å²) in [5, 5.41) is 3.20. The summed E-state index contributed by atoms with van der Waals surface area (Å²) in [6.07, 6.45) is 0.590. The first-order valence-electron chi connectivity index (χ1n) is 9.59. The monoisotopic (exact) mass is 461 g/mol. The summed E-state index contributed by atoms with van der Waals surface area (Å²) in [6.45, 7) is 7.12. The van der Waals surface area contributed by atoms with E-state index in [0.717, 1.165) is 16.1 Å². The van der Waals surface area contributed by atoms with Crippen LogP contribution >= 0.6 is 11.3 Å². The number of nitrogens with zero attached hydrogens (tertiary/aromatic N) is 1. The van der Waals surface area contributed by atoms with Gasteiger partial charge in [0.15, 0.2) is 5.13 Å². The van der Waals surface area contributed by atoms with E-state index in [-0.39, 0.29) is 16.6 Å². The predicted molar refractivity (Wildman–Crippen MR) is 121 cm³/mol. The van der Waals surface area contributed by atoms with E-state index in [0.29, 0.717) is 17.1 Å². The van der Waals surface area contributed by atoms with Crippen molar-refractivity contribution in [1.29, 1.82) is 0 Å². The fourth-order valence-electron chi connectivity index (χ4n) is 2.85. The molecule has 0 saturated carbocycles. The second-order valence-corrected chi connectivity index (χ2v) is 10.9. The van der Waals surface area contributed by atoms with Gasteiger partial charge in [0.2, 0.25) is 10.0 Å². The minimum Gasteiger partial charge on any atom is -0.298 e. The summed E-state index contributed by atoms with van der Waals surface area (Å²) >= 11 is 1.35. The number of hydrogen-bond donors (Lipinski definition) is 2. The largest absolute Gasteiger partial charge is 0.298 e. The van der Waals surface area contributed by atoms with Gasteiger partial charge in [0.25, 0.3) is 5.91 Å². The molecule has 9 heteroatoms. The Morgan fingerprint density at radius 3 is 2.26 bits per heavy atom. The molecule has 0 saturated heterocycles. The van der Waals surface area contributed by atoms with Gasteiger partial charge < -0.3 is 0 Å². The molecule has 31 heavy (non-hydrogen) atoms. The van der Waals surface area contributed by atoms with Gasteiger partial charge in [-0.05, 0) is 69.7 Å². The lowest BCUT2D eigenvalue weighted by atomic mass is 10.1. The highest BCUT2D eigenvalue weighted by Crippen LogP contribution is 2.26. The number of carbonyl (C=O) groups excluding carboxylic acids is 1. The lowest BCUT2D eigenvalue weighted by Gasteiger charge is -2.20. The van der Waals surface area contributed by atoms with Gasteiger partial charge in [-0.15, -0.1) is 11.3 Å². The number of nitrogens with one attached hydrogen (secondary N) is 2. The predicted octanol–water partition coefficient (Wildman–Crippen LogP) is 4.51. The van der Waals surface area contributed by atoms with Crippen LogP contribution in [-0.4, -0.2) is 24.8 Å². The highest BCUT2D eigenvalue weighted by atomic mass is 32.2. The van der Waals surface area contributed by atoms with Crippen LogP contribution < -0.4 is 10.0 Å². The molecule has 1 heterocycles. The fraction of sp³-hybridized carbons (Fsp3) is 0.273. The van der Waals surface area contributed by atoms with E-state index in [4.69, 9.17) is 0 Å². The van der Waals surface area contributed by atoms with Crippen molar-refractivity contribution in [3.63, 3.8) is 0 Å². The van der Waals surface area contributed by atoms with Crippen LogP contribution in [0, 0.1) is 12.7 Å². The SMILES string of the molecule is Cc1nc(NC(=O)c2ccc(S(=O)(=O)NC(C)(C)C)cc2)sc1Cc1ccc(F)cc1. The Morgan fingerprint density at radius 2 is 1.68 bits per heavy atom. The Hall–Kier alpha value is -2.62. The molecule has 0 atom stereocenters. The first-order valence-corrected chi connectivity index (χ1v) is 11.9. The van der Waals surface area contributed by atoms with Crippen LogP contribution in [0.1, 0.15) is 47.3 Å². The maximum atomic E-state index is 13.1. The third kappa shape index (κ3) is 6.19. The summed E-state index contributed by atoms with van der Waals surface area (Å²) in [5.74, 6) is -0.666. The average molecular weight is 462 g/mol. The Labute approximate surface area is 185 Å². The summed E-state index contributed by atoms with van der Waals surface area (Å²) in [7, 11) is -3.67. The Balaban J connectivity index is 1.70. The van der Waals surface area contributed by atoms with E-state index in [9.17, 15) is 17.6 Å². The number of sulfonamides is 1. The molecule has 0 bridgehead atoms. The first-order chi connectivity index (χ1) is 14.4. The standard InChI is InChI=1S/C22H24FN3O3S2/c1-14-19(13-15-5-9-17(23)10-6-15)30-21(24-14)25-20(27)16-7-11-18(12-8-16)31(28,29)26-22(2,3)4/h5-12,26H,13H2,1-4H3,(H,24,25,27). The number of anilines is 1. The van der Waals surface area contributed by atoms with Crippen LogP contribution in [0.25, 0.3) is 0 Å². The number of benzene rings is 2. The summed E-state index contributed by atoms with van der Waals surface area (Å²) in [5.41, 5.74) is 1.46. The van der Waals surface area contributed by atoms with Crippen LogP contribution in [0.2, 0.25) is 0 Å². The van der Waals surface area contributed by atoms with E-state index in [1.807, 2.05) is 6.92 Å². The zero-order chi connectivity index (χ0) is 22.8. The van der Waals surface area contributed by atoms with Crippen LogP contribution in [0.3, 0.4) is 0 Å². The number of aromatic nitrogens is 1. The molecule has 3 rings (SSSR count). The number of amides is 1. The average Bonchev–Trinajstić information content (AvgIpc) is 3.00. The molecule has 0 fully saturated rings. The lowest BCUT2D eigenvalue weighted by Crippen LogP contribution is -2.40. The second-order valence-electron chi connectivity index (χ2n) is 8.16. The van der Waals surface area contributed by atoms with Gasteiger partial charge in [-0.2, -0.15) is 0 Å². The number of carbonyl (C=O) groups is 1. The molecule has 0 aliphatic rings. The molecule has 0 radical (unpaired) electrons. The Bertz CT molecular complexity index is 1180. The molecule has 0 aliphatic heterocycles. The van der Waals surface area contributed by atoms with Crippen molar-refractivity contribution in [2.24, 2.45) is 0 Å². The van der Waals surface area contributed by atoms with E-state index < -0.39 is 15.6 Å². The zero-order valence-electron chi connectivity index (χ0n) is 17.7. The molecule has 6 nitrogen and oxygen atoms in total. The normalized spacial score (nSPS) is 12.0. The Kier molecular flexibility index (Phi) is 6.59. The van der Waals surface area contributed by atoms with Crippen molar-refractivity contribution < 1.29 is 17.6 Å². The fourth-order valence-corrected chi connectivity index (χ4v) is 5.26. The molecular weight excluding hydrogens is 437 g/mol. The van der Waals surface area contributed by atoms with Crippen molar-refractivity contribution in [2.45, 2.75) is 44.6 Å². The molecule has 2 N–H and O–H groups in total. The van der Waals surface area contributed by atoms with Crippen LogP contribution in [-0.2, 0) is 16.4 Å². The zero-order valence-corrected chi connectivity index (χ0v) is 19.3. The molecule has 0 aliphatic carbocycles. The van der Waals surface area contributed by atoms with E-state index in [1.54, 1.807) is 32.9 Å². The van der Waals surface area contributed by atoms with Gasteiger partial charge in [0.05, 0.1) is 10.6 Å². The van der Waals surface area contributed by atoms with E-state index in [2.05, 4.69) is 15.0 Å². The van der Waals surface area contributed by atoms with E-state index >= 15 is 0 Å². The van der Waals surface area contributed by atoms with Gasteiger partial charge in [0, 0.05) is 22.4 Å². The number of rotatable bonds is 6. The third-order valence-electron chi connectivity index (χ3n) is 4.26. The van der Waals surface area contributed by atoms with Gasteiger partial charge >= 0.3 is 0 Å². The molecule has 0 spiro atoms. The maximum absolute atomic E-state index is 13.1. The molecule has 3 aromatic rings. The van der Waals surface area contributed by atoms with Crippen LogP contribution in [0.5, 0.6) is 0 Å². The minimum atomic E-state index is -3.67. The number of halogens is 1. The third-order valence-corrected chi connectivity index (χ3v) is 7.11. The van der Waals surface area contributed by atoms with Gasteiger partial charge in [-0.1, -0.05) is 12.1 Å². The molecule has 0 unspecified atom stereocenters.